The van der Waals surface area contributed by atoms with E-state index in [-0.39, 0.29) is 12.0 Å². The summed E-state index contributed by atoms with van der Waals surface area (Å²) in [5, 5.41) is 3.27. The van der Waals surface area contributed by atoms with Gasteiger partial charge in [0, 0.05) is 0 Å². The number of ether oxygens (including phenoxy) is 1. The van der Waals surface area contributed by atoms with Crippen LogP contribution < -0.4 is 5.32 Å². The highest BCUT2D eigenvalue weighted by Crippen LogP contribution is 2.37. The van der Waals surface area contributed by atoms with Gasteiger partial charge in [-0.15, -0.1) is 0 Å². The molecule has 1 heterocycles. The maximum absolute atomic E-state index is 11.5. The highest BCUT2D eigenvalue weighted by atomic mass is 16.5. The highest BCUT2D eigenvalue weighted by molar-refractivity contribution is 5.76. The Hall–Kier alpha value is -0.570. The van der Waals surface area contributed by atoms with Gasteiger partial charge in [-0.05, 0) is 38.1 Å². The molecule has 13 heavy (non-hydrogen) atoms. The predicted molar refractivity (Wildman–Crippen MR) is 49.3 cm³/mol. The van der Waals surface area contributed by atoms with Crippen molar-refractivity contribution in [1.82, 2.24) is 5.32 Å². The van der Waals surface area contributed by atoms with E-state index >= 15 is 0 Å². The first-order chi connectivity index (χ1) is 6.33. The van der Waals surface area contributed by atoms with E-state index in [0.717, 1.165) is 12.5 Å². The number of esters is 1. The van der Waals surface area contributed by atoms with Crippen LogP contribution in [-0.2, 0) is 9.53 Å². The van der Waals surface area contributed by atoms with Crippen molar-refractivity contribution in [3.63, 3.8) is 0 Å². The molecule has 1 aliphatic heterocycles. The van der Waals surface area contributed by atoms with E-state index in [4.69, 9.17) is 4.74 Å². The van der Waals surface area contributed by atoms with Gasteiger partial charge in [-0.25, -0.2) is 0 Å². The topological polar surface area (TPSA) is 38.3 Å². The molecule has 3 atom stereocenters. The Labute approximate surface area is 78.8 Å². The van der Waals surface area contributed by atoms with Crippen molar-refractivity contribution in [2.75, 3.05) is 13.2 Å². The van der Waals surface area contributed by atoms with Gasteiger partial charge in [0.05, 0.1) is 6.61 Å². The Morgan fingerprint density at radius 2 is 2.38 bits per heavy atom. The Morgan fingerprint density at radius 3 is 3.15 bits per heavy atom. The first-order valence-corrected chi connectivity index (χ1v) is 5.23. The van der Waals surface area contributed by atoms with Crippen LogP contribution in [-0.4, -0.2) is 25.2 Å². The van der Waals surface area contributed by atoms with Crippen molar-refractivity contribution >= 4 is 5.97 Å². The summed E-state index contributed by atoms with van der Waals surface area (Å²) in [6, 6.07) is -0.00699. The van der Waals surface area contributed by atoms with Crippen molar-refractivity contribution in [3.05, 3.63) is 0 Å². The van der Waals surface area contributed by atoms with E-state index < -0.39 is 0 Å². The van der Waals surface area contributed by atoms with E-state index in [1.807, 2.05) is 6.92 Å². The zero-order chi connectivity index (χ0) is 9.26. The second-order valence-electron chi connectivity index (χ2n) is 3.99. The highest BCUT2D eigenvalue weighted by Gasteiger charge is 2.42. The van der Waals surface area contributed by atoms with Gasteiger partial charge in [0.25, 0.3) is 0 Å². The van der Waals surface area contributed by atoms with Crippen molar-refractivity contribution in [1.29, 1.82) is 0 Å². The third-order valence-corrected chi connectivity index (χ3v) is 3.29. The fraction of sp³-hybridized carbons (Fsp3) is 0.900. The quantitative estimate of drug-likeness (QED) is 0.647. The van der Waals surface area contributed by atoms with Gasteiger partial charge in [-0.1, -0.05) is 6.42 Å². The number of carbonyl (C=O) groups is 1. The molecule has 0 amide bonds. The molecule has 1 saturated heterocycles. The lowest BCUT2D eigenvalue weighted by molar-refractivity contribution is -0.146. The second kappa shape index (κ2) is 3.66. The normalized spacial score (nSPS) is 37.5. The van der Waals surface area contributed by atoms with Crippen molar-refractivity contribution < 1.29 is 9.53 Å². The van der Waals surface area contributed by atoms with Gasteiger partial charge < -0.3 is 10.1 Å². The molecular weight excluding hydrogens is 166 g/mol. The molecule has 74 valence electrons. The smallest absolute Gasteiger partial charge is 0.323 e. The summed E-state index contributed by atoms with van der Waals surface area (Å²) in [6.45, 7) is 3.36. The molecule has 1 unspecified atom stereocenters. The van der Waals surface area contributed by atoms with Gasteiger partial charge in [-0.2, -0.15) is 0 Å². The number of hydrogen-bond acceptors (Lipinski definition) is 3. The van der Waals surface area contributed by atoms with E-state index in [0.29, 0.717) is 12.5 Å². The monoisotopic (exact) mass is 183 g/mol. The van der Waals surface area contributed by atoms with Gasteiger partial charge in [0.15, 0.2) is 0 Å². The maximum atomic E-state index is 11.5. The van der Waals surface area contributed by atoms with E-state index in [1.54, 1.807) is 0 Å². The molecular formula is C10H17NO2. The van der Waals surface area contributed by atoms with Crippen molar-refractivity contribution in [3.8, 4) is 0 Å². The zero-order valence-corrected chi connectivity index (χ0v) is 8.08. The number of hydrogen-bond donors (Lipinski definition) is 1. The fourth-order valence-electron chi connectivity index (χ4n) is 2.68. The summed E-state index contributed by atoms with van der Waals surface area (Å²) in [5.74, 6) is 1.24. The van der Waals surface area contributed by atoms with Crippen LogP contribution in [0.2, 0.25) is 0 Å². The second-order valence-corrected chi connectivity index (χ2v) is 3.99. The van der Waals surface area contributed by atoms with Crippen LogP contribution in [0.3, 0.4) is 0 Å². The average Bonchev–Trinajstić information content (AvgIpc) is 2.62. The third kappa shape index (κ3) is 1.57. The summed E-state index contributed by atoms with van der Waals surface area (Å²) in [6.07, 6.45) is 3.77. The molecule has 0 aromatic rings. The zero-order valence-electron chi connectivity index (χ0n) is 8.08. The van der Waals surface area contributed by atoms with Crippen LogP contribution >= 0.6 is 0 Å². The molecule has 2 fully saturated rings. The molecule has 1 saturated carbocycles. The third-order valence-electron chi connectivity index (χ3n) is 3.29. The lowest BCUT2D eigenvalue weighted by atomic mass is 9.94. The molecule has 1 N–H and O–H groups in total. The van der Waals surface area contributed by atoms with Crippen LogP contribution in [0.25, 0.3) is 0 Å². The molecule has 0 spiro atoms. The van der Waals surface area contributed by atoms with Gasteiger partial charge in [0.1, 0.15) is 6.04 Å². The van der Waals surface area contributed by atoms with E-state index in [1.165, 1.54) is 19.3 Å². The Balaban J connectivity index is 1.96. The van der Waals surface area contributed by atoms with Crippen LogP contribution in [0.4, 0.5) is 0 Å². The summed E-state index contributed by atoms with van der Waals surface area (Å²) >= 11 is 0. The molecule has 0 aromatic heterocycles. The van der Waals surface area contributed by atoms with Gasteiger partial charge in [-0.3, -0.25) is 4.79 Å². The average molecular weight is 183 g/mol. The van der Waals surface area contributed by atoms with Crippen LogP contribution in [0.1, 0.15) is 26.2 Å². The van der Waals surface area contributed by atoms with Crippen LogP contribution in [0, 0.1) is 11.8 Å². The van der Waals surface area contributed by atoms with Gasteiger partial charge >= 0.3 is 5.97 Å². The fourth-order valence-corrected chi connectivity index (χ4v) is 2.68. The molecule has 1 aliphatic carbocycles. The first-order valence-electron chi connectivity index (χ1n) is 5.23. The largest absolute Gasteiger partial charge is 0.465 e. The lowest BCUT2D eigenvalue weighted by Gasteiger charge is -2.15. The summed E-state index contributed by atoms with van der Waals surface area (Å²) in [7, 11) is 0. The summed E-state index contributed by atoms with van der Waals surface area (Å²) in [5.41, 5.74) is 0. The van der Waals surface area contributed by atoms with Crippen molar-refractivity contribution in [2.24, 2.45) is 11.8 Å². The van der Waals surface area contributed by atoms with E-state index in [9.17, 15) is 4.79 Å². The SMILES string of the molecule is CCOC(=O)[C@H]1NC[C@@H]2CCCC21. The van der Waals surface area contributed by atoms with Gasteiger partial charge in [0.2, 0.25) is 0 Å². The molecule has 2 rings (SSSR count). The molecule has 3 nitrogen and oxygen atoms in total. The first kappa shape index (κ1) is 9.00. The number of rotatable bonds is 2. The van der Waals surface area contributed by atoms with E-state index in [2.05, 4.69) is 5.32 Å². The molecule has 0 bridgehead atoms. The molecule has 3 heteroatoms. The summed E-state index contributed by atoms with van der Waals surface area (Å²) < 4.78 is 5.03. The minimum Gasteiger partial charge on any atom is -0.465 e. The standard InChI is InChI=1S/C10H17NO2/c1-2-13-10(12)9-8-5-3-4-7(8)6-11-9/h7-9,11H,2-6H2,1H3/t7-,8?,9-/m0/s1. The predicted octanol–water partition coefficient (Wildman–Crippen LogP) is 0.938. The van der Waals surface area contributed by atoms with Crippen molar-refractivity contribution in [2.45, 2.75) is 32.2 Å². The maximum Gasteiger partial charge on any atom is 0.323 e. The molecule has 0 radical (unpaired) electrons. The van der Waals surface area contributed by atoms with Crippen LogP contribution in [0.5, 0.6) is 0 Å². The minimum atomic E-state index is -0.0445. The Kier molecular flexibility index (Phi) is 2.54. The van der Waals surface area contributed by atoms with Crippen LogP contribution in [0.15, 0.2) is 0 Å². The number of carbonyl (C=O) groups excluding carboxylic acids is 1. The molecule has 2 aliphatic rings. The lowest BCUT2D eigenvalue weighted by Crippen LogP contribution is -2.37. The molecule has 0 aromatic carbocycles. The minimum absolute atomic E-state index is 0.00699. The number of fused-ring (bicyclic) bond motifs is 1. The Bertz CT molecular complexity index is 205. The summed E-state index contributed by atoms with van der Waals surface area (Å²) in [4.78, 5) is 11.5. The Morgan fingerprint density at radius 1 is 1.54 bits per heavy atom. The number of nitrogens with one attached hydrogen (secondary N) is 1.